The van der Waals surface area contributed by atoms with Crippen molar-refractivity contribution in [2.24, 2.45) is 0 Å². The molecule has 0 aromatic heterocycles. The predicted octanol–water partition coefficient (Wildman–Crippen LogP) is 0.327. The SMILES string of the molecule is C#CCC(C)NC(=O)NC. The summed E-state index contributed by atoms with van der Waals surface area (Å²) in [4.78, 5) is 10.6. The number of hydrogen-bond acceptors (Lipinski definition) is 1. The maximum atomic E-state index is 10.6. The van der Waals surface area contributed by atoms with Crippen LogP contribution in [0, 0.1) is 12.3 Å². The first-order chi connectivity index (χ1) is 4.70. The van der Waals surface area contributed by atoms with Gasteiger partial charge in [-0.2, -0.15) is 0 Å². The van der Waals surface area contributed by atoms with E-state index in [4.69, 9.17) is 6.42 Å². The van der Waals surface area contributed by atoms with Crippen molar-refractivity contribution < 1.29 is 4.79 Å². The van der Waals surface area contributed by atoms with Crippen molar-refractivity contribution in [3.8, 4) is 12.3 Å². The van der Waals surface area contributed by atoms with E-state index in [2.05, 4.69) is 16.6 Å². The highest BCUT2D eigenvalue weighted by Crippen LogP contribution is 1.85. The van der Waals surface area contributed by atoms with E-state index in [0.29, 0.717) is 6.42 Å². The van der Waals surface area contributed by atoms with Crippen LogP contribution in [-0.4, -0.2) is 19.1 Å². The molecule has 0 fully saturated rings. The first-order valence-corrected chi connectivity index (χ1v) is 3.12. The Morgan fingerprint density at radius 3 is 2.80 bits per heavy atom. The summed E-state index contributed by atoms with van der Waals surface area (Å²) in [5.74, 6) is 2.45. The summed E-state index contributed by atoms with van der Waals surface area (Å²) in [6.07, 6.45) is 5.59. The molecule has 1 atom stereocenters. The lowest BCUT2D eigenvalue weighted by Crippen LogP contribution is -2.38. The third-order valence-corrected chi connectivity index (χ3v) is 1.03. The quantitative estimate of drug-likeness (QED) is 0.533. The minimum Gasteiger partial charge on any atom is -0.341 e. The van der Waals surface area contributed by atoms with Gasteiger partial charge in [0.25, 0.3) is 0 Å². The average molecular weight is 140 g/mol. The summed E-state index contributed by atoms with van der Waals surface area (Å²) in [7, 11) is 1.57. The van der Waals surface area contributed by atoms with Gasteiger partial charge in [0, 0.05) is 19.5 Å². The Bertz CT molecular complexity index is 148. The van der Waals surface area contributed by atoms with Crippen LogP contribution in [0.1, 0.15) is 13.3 Å². The number of carbonyl (C=O) groups is 1. The van der Waals surface area contributed by atoms with Gasteiger partial charge in [-0.25, -0.2) is 4.79 Å². The van der Waals surface area contributed by atoms with Crippen LogP contribution in [0.2, 0.25) is 0 Å². The molecule has 56 valence electrons. The van der Waals surface area contributed by atoms with Crippen LogP contribution in [0.15, 0.2) is 0 Å². The summed E-state index contributed by atoms with van der Waals surface area (Å²) >= 11 is 0. The van der Waals surface area contributed by atoms with Crippen LogP contribution in [0.5, 0.6) is 0 Å². The molecule has 0 aromatic carbocycles. The Morgan fingerprint density at radius 1 is 1.80 bits per heavy atom. The Hall–Kier alpha value is -1.17. The molecular formula is C7H12N2O. The maximum absolute atomic E-state index is 10.6. The lowest BCUT2D eigenvalue weighted by atomic mass is 10.2. The van der Waals surface area contributed by atoms with Crippen LogP contribution in [0.4, 0.5) is 4.79 Å². The lowest BCUT2D eigenvalue weighted by molar-refractivity contribution is 0.240. The molecule has 0 aliphatic rings. The van der Waals surface area contributed by atoms with Gasteiger partial charge in [0.05, 0.1) is 0 Å². The molecule has 0 aliphatic carbocycles. The lowest BCUT2D eigenvalue weighted by Gasteiger charge is -2.08. The van der Waals surface area contributed by atoms with Gasteiger partial charge >= 0.3 is 6.03 Å². The Kier molecular flexibility index (Phi) is 4.14. The zero-order valence-corrected chi connectivity index (χ0v) is 6.27. The number of carbonyl (C=O) groups excluding carboxylic acids is 1. The van der Waals surface area contributed by atoms with E-state index in [1.807, 2.05) is 6.92 Å². The molecule has 0 saturated heterocycles. The van der Waals surface area contributed by atoms with E-state index in [0.717, 1.165) is 0 Å². The normalized spacial score (nSPS) is 11.3. The third kappa shape index (κ3) is 3.79. The minimum absolute atomic E-state index is 0.0462. The van der Waals surface area contributed by atoms with Gasteiger partial charge in [-0.3, -0.25) is 0 Å². The van der Waals surface area contributed by atoms with Crippen LogP contribution in [-0.2, 0) is 0 Å². The fraction of sp³-hybridized carbons (Fsp3) is 0.571. The molecular weight excluding hydrogens is 128 g/mol. The van der Waals surface area contributed by atoms with Crippen LogP contribution < -0.4 is 10.6 Å². The van der Waals surface area contributed by atoms with E-state index in [9.17, 15) is 4.79 Å². The molecule has 3 heteroatoms. The van der Waals surface area contributed by atoms with Crippen molar-refractivity contribution in [2.45, 2.75) is 19.4 Å². The number of urea groups is 1. The van der Waals surface area contributed by atoms with E-state index in [1.165, 1.54) is 0 Å². The predicted molar refractivity (Wildman–Crippen MR) is 40.5 cm³/mol. The molecule has 1 unspecified atom stereocenters. The molecule has 2 amide bonds. The standard InChI is InChI=1S/C7H12N2O/c1-4-5-6(2)9-7(10)8-3/h1,6H,5H2,2-3H3,(H2,8,9,10). The highest BCUT2D eigenvalue weighted by atomic mass is 16.2. The van der Waals surface area contributed by atoms with Gasteiger partial charge in [0.2, 0.25) is 0 Å². The fourth-order valence-electron chi connectivity index (χ4n) is 0.524. The average Bonchev–Trinajstić information content (AvgIpc) is 1.88. The largest absolute Gasteiger partial charge is 0.341 e. The number of hydrogen-bond donors (Lipinski definition) is 2. The first kappa shape index (κ1) is 8.83. The van der Waals surface area contributed by atoms with Crippen LogP contribution in [0.25, 0.3) is 0 Å². The molecule has 3 nitrogen and oxygen atoms in total. The van der Waals surface area contributed by atoms with Crippen molar-refractivity contribution >= 4 is 6.03 Å². The maximum Gasteiger partial charge on any atom is 0.314 e. The number of nitrogens with one attached hydrogen (secondary N) is 2. The van der Waals surface area contributed by atoms with E-state index in [-0.39, 0.29) is 12.1 Å². The molecule has 0 aromatic rings. The minimum atomic E-state index is -0.192. The second-order valence-corrected chi connectivity index (χ2v) is 2.03. The monoisotopic (exact) mass is 140 g/mol. The van der Waals surface area contributed by atoms with Crippen LogP contribution >= 0.6 is 0 Å². The Balaban J connectivity index is 3.49. The van der Waals surface area contributed by atoms with E-state index < -0.39 is 0 Å². The first-order valence-electron chi connectivity index (χ1n) is 3.12. The Morgan fingerprint density at radius 2 is 2.40 bits per heavy atom. The summed E-state index contributed by atoms with van der Waals surface area (Å²) < 4.78 is 0. The summed E-state index contributed by atoms with van der Waals surface area (Å²) in [5.41, 5.74) is 0. The van der Waals surface area contributed by atoms with Crippen molar-refractivity contribution in [3.05, 3.63) is 0 Å². The highest BCUT2D eigenvalue weighted by molar-refractivity contribution is 5.73. The van der Waals surface area contributed by atoms with E-state index >= 15 is 0 Å². The van der Waals surface area contributed by atoms with Gasteiger partial charge in [-0.05, 0) is 6.92 Å². The smallest absolute Gasteiger partial charge is 0.314 e. The second kappa shape index (κ2) is 4.68. The van der Waals surface area contributed by atoms with E-state index in [1.54, 1.807) is 7.05 Å². The molecule has 0 saturated carbocycles. The highest BCUT2D eigenvalue weighted by Gasteiger charge is 2.01. The molecule has 0 spiro atoms. The molecule has 10 heavy (non-hydrogen) atoms. The van der Waals surface area contributed by atoms with Crippen molar-refractivity contribution in [1.29, 1.82) is 0 Å². The summed E-state index contributed by atoms with van der Waals surface area (Å²) in [6, 6.07) is -0.146. The Labute approximate surface area is 61.2 Å². The zero-order valence-electron chi connectivity index (χ0n) is 6.27. The molecule has 0 heterocycles. The summed E-state index contributed by atoms with van der Waals surface area (Å²) in [6.45, 7) is 1.86. The van der Waals surface area contributed by atoms with Crippen molar-refractivity contribution in [1.82, 2.24) is 10.6 Å². The zero-order chi connectivity index (χ0) is 7.98. The molecule has 0 radical (unpaired) electrons. The van der Waals surface area contributed by atoms with Crippen LogP contribution in [0.3, 0.4) is 0 Å². The molecule has 2 N–H and O–H groups in total. The number of amides is 2. The fourth-order valence-corrected chi connectivity index (χ4v) is 0.524. The van der Waals surface area contributed by atoms with Crippen molar-refractivity contribution in [3.63, 3.8) is 0 Å². The van der Waals surface area contributed by atoms with Gasteiger partial charge < -0.3 is 10.6 Å². The van der Waals surface area contributed by atoms with Gasteiger partial charge in [-0.1, -0.05) is 0 Å². The van der Waals surface area contributed by atoms with Gasteiger partial charge in [-0.15, -0.1) is 12.3 Å². The number of terminal acetylenes is 1. The topological polar surface area (TPSA) is 41.1 Å². The molecule has 0 rings (SSSR count). The molecule has 0 aliphatic heterocycles. The molecule has 0 bridgehead atoms. The number of rotatable bonds is 2. The summed E-state index contributed by atoms with van der Waals surface area (Å²) in [5, 5.41) is 5.07. The van der Waals surface area contributed by atoms with Crippen molar-refractivity contribution in [2.75, 3.05) is 7.05 Å². The third-order valence-electron chi connectivity index (χ3n) is 1.03. The van der Waals surface area contributed by atoms with Gasteiger partial charge in [0.15, 0.2) is 0 Å². The second-order valence-electron chi connectivity index (χ2n) is 2.03. The van der Waals surface area contributed by atoms with Gasteiger partial charge in [0.1, 0.15) is 0 Å².